The van der Waals surface area contributed by atoms with E-state index in [9.17, 15) is 9.59 Å². The van der Waals surface area contributed by atoms with Gasteiger partial charge in [0, 0.05) is 17.4 Å². The normalized spacial score (nSPS) is 11.9. The molecule has 1 rings (SSSR count). The van der Waals surface area contributed by atoms with Gasteiger partial charge in [-0.1, -0.05) is 19.1 Å². The number of anilines is 1. The zero-order valence-electron chi connectivity index (χ0n) is 10.5. The van der Waals surface area contributed by atoms with Gasteiger partial charge in [-0.15, -0.1) is 0 Å². The lowest BCUT2D eigenvalue weighted by Crippen LogP contribution is -2.16. The predicted molar refractivity (Wildman–Crippen MR) is 74.0 cm³/mol. The summed E-state index contributed by atoms with van der Waals surface area (Å²) in [5.74, 6) is -0.932. The Hall–Kier alpha value is -1.49. The molecule has 1 aromatic rings. The van der Waals surface area contributed by atoms with E-state index in [0.29, 0.717) is 17.7 Å². The number of amides is 1. The Morgan fingerprint density at radius 2 is 2.17 bits per heavy atom. The third kappa shape index (κ3) is 5.23. The SMILES string of the molecule is CSC(C)CC(=O)Nc1cccc(CC(=O)O)c1. The molecule has 0 spiro atoms. The second-order valence-corrected chi connectivity index (χ2v) is 5.35. The topological polar surface area (TPSA) is 66.4 Å². The first-order valence-corrected chi connectivity index (χ1v) is 6.93. The van der Waals surface area contributed by atoms with Crippen molar-refractivity contribution in [3.63, 3.8) is 0 Å². The van der Waals surface area contributed by atoms with E-state index in [-0.39, 0.29) is 17.6 Å². The molecular formula is C13H17NO3S. The fourth-order valence-electron chi connectivity index (χ4n) is 1.49. The van der Waals surface area contributed by atoms with E-state index < -0.39 is 5.97 Å². The number of carboxylic acids is 1. The quantitative estimate of drug-likeness (QED) is 0.830. The number of hydrogen-bond acceptors (Lipinski definition) is 3. The first-order chi connectivity index (χ1) is 8.51. The van der Waals surface area contributed by atoms with Gasteiger partial charge in [0.25, 0.3) is 0 Å². The first-order valence-electron chi connectivity index (χ1n) is 5.64. The molecule has 1 aromatic carbocycles. The van der Waals surface area contributed by atoms with Crippen molar-refractivity contribution in [1.29, 1.82) is 0 Å². The van der Waals surface area contributed by atoms with Crippen LogP contribution in [0.3, 0.4) is 0 Å². The lowest BCUT2D eigenvalue weighted by atomic mass is 10.1. The van der Waals surface area contributed by atoms with E-state index in [0.717, 1.165) is 0 Å². The molecule has 0 aliphatic carbocycles. The van der Waals surface area contributed by atoms with E-state index in [1.54, 1.807) is 36.0 Å². The van der Waals surface area contributed by atoms with Crippen molar-refractivity contribution >= 4 is 29.3 Å². The minimum Gasteiger partial charge on any atom is -0.481 e. The maximum Gasteiger partial charge on any atom is 0.307 e. The second kappa shape index (κ2) is 7.06. The lowest BCUT2D eigenvalue weighted by Gasteiger charge is -2.09. The van der Waals surface area contributed by atoms with Crippen LogP contribution in [0.15, 0.2) is 24.3 Å². The largest absolute Gasteiger partial charge is 0.481 e. The number of carboxylic acid groups (broad SMARTS) is 1. The van der Waals surface area contributed by atoms with Gasteiger partial charge < -0.3 is 10.4 Å². The Morgan fingerprint density at radius 3 is 2.78 bits per heavy atom. The molecule has 0 heterocycles. The Kier molecular flexibility index (Phi) is 5.71. The molecule has 1 unspecified atom stereocenters. The summed E-state index contributed by atoms with van der Waals surface area (Å²) in [6.07, 6.45) is 2.38. The Balaban J connectivity index is 2.61. The van der Waals surface area contributed by atoms with Gasteiger partial charge in [-0.2, -0.15) is 11.8 Å². The molecule has 0 radical (unpaired) electrons. The van der Waals surface area contributed by atoms with Crippen molar-refractivity contribution in [3.8, 4) is 0 Å². The highest BCUT2D eigenvalue weighted by molar-refractivity contribution is 7.99. The average Bonchev–Trinajstić information content (AvgIpc) is 2.28. The number of nitrogens with one attached hydrogen (secondary N) is 1. The molecule has 0 aliphatic heterocycles. The molecular weight excluding hydrogens is 250 g/mol. The summed E-state index contributed by atoms with van der Waals surface area (Å²) < 4.78 is 0. The van der Waals surface area contributed by atoms with Gasteiger partial charge in [-0.05, 0) is 24.0 Å². The molecule has 0 aromatic heterocycles. The van der Waals surface area contributed by atoms with Crippen LogP contribution in [0.2, 0.25) is 0 Å². The van der Waals surface area contributed by atoms with Crippen LogP contribution in [0.25, 0.3) is 0 Å². The second-order valence-electron chi connectivity index (χ2n) is 4.07. The lowest BCUT2D eigenvalue weighted by molar-refractivity contribution is -0.136. The number of aliphatic carboxylic acids is 1. The van der Waals surface area contributed by atoms with E-state index in [1.807, 2.05) is 13.2 Å². The van der Waals surface area contributed by atoms with Crippen molar-refractivity contribution in [1.82, 2.24) is 0 Å². The number of benzene rings is 1. The third-order valence-corrected chi connectivity index (χ3v) is 3.41. The van der Waals surface area contributed by atoms with Gasteiger partial charge in [0.2, 0.25) is 5.91 Å². The van der Waals surface area contributed by atoms with Gasteiger partial charge in [0.05, 0.1) is 6.42 Å². The number of carbonyl (C=O) groups is 2. The third-order valence-electron chi connectivity index (χ3n) is 2.44. The molecule has 0 saturated heterocycles. The molecule has 0 fully saturated rings. The van der Waals surface area contributed by atoms with Crippen LogP contribution in [0.4, 0.5) is 5.69 Å². The number of thioether (sulfide) groups is 1. The Bertz CT molecular complexity index is 434. The summed E-state index contributed by atoms with van der Waals surface area (Å²) in [5.41, 5.74) is 1.32. The van der Waals surface area contributed by atoms with E-state index in [4.69, 9.17) is 5.11 Å². The van der Waals surface area contributed by atoms with Crippen molar-refractivity contribution in [2.75, 3.05) is 11.6 Å². The van der Waals surface area contributed by atoms with Crippen LogP contribution < -0.4 is 5.32 Å². The maximum absolute atomic E-state index is 11.7. The average molecular weight is 267 g/mol. The van der Waals surface area contributed by atoms with Gasteiger partial charge in [0.15, 0.2) is 0 Å². The van der Waals surface area contributed by atoms with Gasteiger partial charge in [-0.3, -0.25) is 9.59 Å². The summed E-state index contributed by atoms with van der Waals surface area (Å²) in [6, 6.07) is 6.92. The minimum atomic E-state index is -0.880. The highest BCUT2D eigenvalue weighted by Gasteiger charge is 2.08. The van der Waals surface area contributed by atoms with Gasteiger partial charge >= 0.3 is 5.97 Å². The summed E-state index contributed by atoms with van der Waals surface area (Å²) in [4.78, 5) is 22.3. The van der Waals surface area contributed by atoms with Gasteiger partial charge in [0.1, 0.15) is 0 Å². The monoisotopic (exact) mass is 267 g/mol. The molecule has 18 heavy (non-hydrogen) atoms. The van der Waals surface area contributed by atoms with Gasteiger partial charge in [-0.25, -0.2) is 0 Å². The highest BCUT2D eigenvalue weighted by atomic mass is 32.2. The maximum atomic E-state index is 11.7. The van der Waals surface area contributed by atoms with Crippen molar-refractivity contribution in [2.45, 2.75) is 25.0 Å². The van der Waals surface area contributed by atoms with Crippen LogP contribution >= 0.6 is 11.8 Å². The van der Waals surface area contributed by atoms with Crippen LogP contribution in [0, 0.1) is 0 Å². The molecule has 4 nitrogen and oxygen atoms in total. The smallest absolute Gasteiger partial charge is 0.307 e. The van der Waals surface area contributed by atoms with Crippen LogP contribution in [-0.2, 0) is 16.0 Å². The number of carbonyl (C=O) groups excluding carboxylic acids is 1. The molecule has 5 heteroatoms. The Labute approximate surface area is 111 Å². The summed E-state index contributed by atoms with van der Waals surface area (Å²) in [5, 5.41) is 11.7. The zero-order valence-corrected chi connectivity index (χ0v) is 11.3. The fraction of sp³-hybridized carbons (Fsp3) is 0.385. The van der Waals surface area contributed by atoms with Crippen molar-refractivity contribution in [3.05, 3.63) is 29.8 Å². The van der Waals surface area contributed by atoms with Crippen molar-refractivity contribution in [2.24, 2.45) is 0 Å². The minimum absolute atomic E-state index is 0.0368. The predicted octanol–water partition coefficient (Wildman–Crippen LogP) is 2.39. The van der Waals surface area contributed by atoms with E-state index in [1.165, 1.54) is 0 Å². The van der Waals surface area contributed by atoms with Crippen LogP contribution in [-0.4, -0.2) is 28.5 Å². The molecule has 2 N–H and O–H groups in total. The van der Waals surface area contributed by atoms with E-state index >= 15 is 0 Å². The summed E-state index contributed by atoms with van der Waals surface area (Å²) in [7, 11) is 0. The first kappa shape index (κ1) is 14.6. The van der Waals surface area contributed by atoms with Crippen molar-refractivity contribution < 1.29 is 14.7 Å². The fourth-order valence-corrected chi connectivity index (χ4v) is 1.81. The molecule has 0 saturated carbocycles. The molecule has 0 aliphatic rings. The van der Waals surface area contributed by atoms with E-state index in [2.05, 4.69) is 5.32 Å². The molecule has 1 amide bonds. The standard InChI is InChI=1S/C13H17NO3S/c1-9(18-2)6-12(15)14-11-5-3-4-10(7-11)8-13(16)17/h3-5,7,9H,6,8H2,1-2H3,(H,14,15)(H,16,17). The molecule has 1 atom stereocenters. The molecule has 0 bridgehead atoms. The van der Waals surface area contributed by atoms with Crippen LogP contribution in [0.1, 0.15) is 18.9 Å². The Morgan fingerprint density at radius 1 is 1.44 bits per heavy atom. The summed E-state index contributed by atoms with van der Waals surface area (Å²) in [6.45, 7) is 1.99. The number of rotatable bonds is 6. The zero-order chi connectivity index (χ0) is 13.5. The van der Waals surface area contributed by atoms with Crippen LogP contribution in [0.5, 0.6) is 0 Å². The summed E-state index contributed by atoms with van der Waals surface area (Å²) >= 11 is 1.64. The number of hydrogen-bond donors (Lipinski definition) is 2. The highest BCUT2D eigenvalue weighted by Crippen LogP contribution is 2.14. The molecule has 98 valence electrons.